The number of carbonyl (C=O) groups is 1. The monoisotopic (exact) mass is 475 g/mol. The molecule has 2 aliphatic rings. The van der Waals surface area contributed by atoms with Gasteiger partial charge in [0, 0.05) is 66.6 Å². The number of aliphatic hydroxyl groups excluding tert-OH is 1. The van der Waals surface area contributed by atoms with Crippen molar-refractivity contribution in [1.29, 1.82) is 5.41 Å². The Morgan fingerprint density at radius 2 is 1.91 bits per heavy atom. The lowest BCUT2D eigenvalue weighted by Crippen LogP contribution is -2.47. The predicted molar refractivity (Wildman–Crippen MR) is 140 cm³/mol. The van der Waals surface area contributed by atoms with E-state index in [-0.39, 0.29) is 5.91 Å². The second kappa shape index (κ2) is 9.06. The van der Waals surface area contributed by atoms with Crippen LogP contribution >= 0.6 is 9.24 Å². The van der Waals surface area contributed by atoms with E-state index in [4.69, 9.17) is 16.1 Å². The number of benzene rings is 2. The van der Waals surface area contributed by atoms with E-state index in [1.807, 2.05) is 35.2 Å². The molecule has 1 aliphatic carbocycles. The Labute approximate surface area is 201 Å². The van der Waals surface area contributed by atoms with E-state index in [1.165, 1.54) is 6.21 Å². The first-order valence-corrected chi connectivity index (χ1v) is 12.2. The number of pyridine rings is 1. The molecule has 2 heterocycles. The topological polar surface area (TPSA) is 107 Å². The summed E-state index contributed by atoms with van der Waals surface area (Å²) < 4.78 is 0. The van der Waals surface area contributed by atoms with Crippen molar-refractivity contribution in [2.24, 2.45) is 0 Å². The number of nitrogens with zero attached hydrogens (tertiary/aromatic N) is 3. The second-order valence-electron chi connectivity index (χ2n) is 9.32. The van der Waals surface area contributed by atoms with Crippen molar-refractivity contribution >= 4 is 43.3 Å². The van der Waals surface area contributed by atoms with Gasteiger partial charge in [0.1, 0.15) is 0 Å². The number of hydrogen-bond acceptors (Lipinski definition) is 6. The van der Waals surface area contributed by atoms with Crippen LogP contribution in [0, 0.1) is 5.41 Å². The van der Waals surface area contributed by atoms with Crippen LogP contribution in [0.1, 0.15) is 33.5 Å². The van der Waals surface area contributed by atoms with E-state index in [0.29, 0.717) is 36.1 Å². The fourth-order valence-corrected chi connectivity index (χ4v) is 5.52. The molecule has 3 aromatic rings. The number of aliphatic hydroxyl groups is 1. The van der Waals surface area contributed by atoms with Crippen molar-refractivity contribution in [3.8, 4) is 11.3 Å². The van der Waals surface area contributed by atoms with Crippen LogP contribution < -0.4 is 11.0 Å². The molecule has 0 bridgehead atoms. The minimum absolute atomic E-state index is 0.0573. The fraction of sp³-hybridized carbons (Fsp3) is 0.346. The molecule has 0 radical (unpaired) electrons. The first-order chi connectivity index (χ1) is 16.4. The maximum atomic E-state index is 13.0. The Morgan fingerprint density at radius 3 is 2.59 bits per heavy atom. The number of nitrogens with two attached hydrogens (primary N) is 1. The molecule has 2 unspecified atom stereocenters. The summed E-state index contributed by atoms with van der Waals surface area (Å²) in [6, 6.07) is 9.50. The molecule has 8 heteroatoms. The van der Waals surface area contributed by atoms with Crippen LogP contribution in [0.5, 0.6) is 0 Å². The lowest BCUT2D eigenvalue weighted by molar-refractivity contribution is 0.0664. The summed E-state index contributed by atoms with van der Waals surface area (Å²) in [7, 11) is 4.79. The molecule has 1 fully saturated rings. The maximum absolute atomic E-state index is 13.0. The Morgan fingerprint density at radius 1 is 1.21 bits per heavy atom. The van der Waals surface area contributed by atoms with Gasteiger partial charge in [-0.3, -0.25) is 4.79 Å². The number of piperazine rings is 1. The van der Waals surface area contributed by atoms with Crippen molar-refractivity contribution in [3.05, 3.63) is 52.6 Å². The summed E-state index contributed by atoms with van der Waals surface area (Å²) in [5.41, 5.74) is 12.8. The summed E-state index contributed by atoms with van der Waals surface area (Å²) in [6.07, 6.45) is 2.75. The van der Waals surface area contributed by atoms with E-state index < -0.39 is 6.10 Å². The molecule has 4 N–H and O–H groups in total. The highest BCUT2D eigenvalue weighted by Gasteiger charge is 2.26. The first kappa shape index (κ1) is 22.9. The van der Waals surface area contributed by atoms with Gasteiger partial charge in [-0.1, -0.05) is 12.1 Å². The highest BCUT2D eigenvalue weighted by atomic mass is 31.0. The summed E-state index contributed by atoms with van der Waals surface area (Å²) >= 11 is 0. The van der Waals surface area contributed by atoms with E-state index >= 15 is 0 Å². The summed E-state index contributed by atoms with van der Waals surface area (Å²) in [4.78, 5) is 22.1. The van der Waals surface area contributed by atoms with Gasteiger partial charge in [0.2, 0.25) is 0 Å². The van der Waals surface area contributed by atoms with Gasteiger partial charge in [0.15, 0.2) is 0 Å². The van der Waals surface area contributed by atoms with Crippen molar-refractivity contribution < 1.29 is 9.90 Å². The Balaban J connectivity index is 1.59. The lowest BCUT2D eigenvalue weighted by atomic mass is 9.83. The number of nitrogens with one attached hydrogen (secondary N) is 1. The Kier molecular flexibility index (Phi) is 6.11. The van der Waals surface area contributed by atoms with Crippen LogP contribution in [0.2, 0.25) is 0 Å². The smallest absolute Gasteiger partial charge is 0.253 e. The first-order valence-electron chi connectivity index (χ1n) is 11.7. The average molecular weight is 476 g/mol. The molecule has 1 aromatic heterocycles. The second-order valence-corrected chi connectivity index (χ2v) is 9.95. The third-order valence-corrected chi connectivity index (χ3v) is 7.52. The molecular formula is C26H30N5O2P. The minimum Gasteiger partial charge on any atom is -0.398 e. The maximum Gasteiger partial charge on any atom is 0.253 e. The van der Waals surface area contributed by atoms with Gasteiger partial charge in [-0.15, -0.1) is 9.24 Å². The van der Waals surface area contributed by atoms with Gasteiger partial charge < -0.3 is 26.0 Å². The van der Waals surface area contributed by atoms with Crippen molar-refractivity contribution in [1.82, 2.24) is 14.8 Å². The number of anilines is 1. The quantitative estimate of drug-likeness (QED) is 0.306. The third-order valence-electron chi connectivity index (χ3n) is 7.08. The number of rotatable bonds is 3. The van der Waals surface area contributed by atoms with E-state index in [9.17, 15) is 9.90 Å². The molecule has 1 aliphatic heterocycles. The van der Waals surface area contributed by atoms with E-state index in [1.54, 1.807) is 0 Å². The summed E-state index contributed by atoms with van der Waals surface area (Å²) in [5, 5.41) is 20.2. The van der Waals surface area contributed by atoms with Crippen LogP contribution in [0.25, 0.3) is 22.2 Å². The van der Waals surface area contributed by atoms with Gasteiger partial charge in [-0.25, -0.2) is 4.98 Å². The van der Waals surface area contributed by atoms with Gasteiger partial charge in [-0.2, -0.15) is 0 Å². The van der Waals surface area contributed by atoms with Gasteiger partial charge in [0.25, 0.3) is 5.91 Å². The number of fused-ring (bicyclic) bond motifs is 3. The number of hydrogen-bond donors (Lipinski definition) is 3. The third kappa shape index (κ3) is 3.98. The van der Waals surface area contributed by atoms with Gasteiger partial charge in [0.05, 0.1) is 17.3 Å². The molecule has 176 valence electrons. The van der Waals surface area contributed by atoms with Crippen molar-refractivity contribution in [3.63, 3.8) is 0 Å². The molecule has 2 aromatic carbocycles. The normalized spacial score (nSPS) is 18.7. The average Bonchev–Trinajstić information content (AvgIpc) is 2.84. The Hall–Kier alpha value is -2.86. The number of nitrogen functional groups attached to an aromatic ring is 1. The number of likely N-dealkylation sites (N-methyl/N-ethyl adjacent to an activating group) is 1. The van der Waals surface area contributed by atoms with E-state index in [0.717, 1.165) is 64.8 Å². The van der Waals surface area contributed by atoms with Crippen LogP contribution in [0.15, 0.2) is 30.3 Å². The fourth-order valence-electron chi connectivity index (χ4n) is 5.13. The standard InChI is InChI=1S/C26H30N5O2P/c1-30-8-10-31(11-9-30)26(33)16-4-2-15(3-5-16)24-19-12-17(32)6-7-18(19)23-20(14-27)21(28)13-22(34)25(23)29-24/h2-5,13-14,17,27,32H,6-12,28,34H2,1H3. The molecule has 34 heavy (non-hydrogen) atoms. The molecular weight excluding hydrogens is 445 g/mol. The molecule has 1 amide bonds. The molecule has 2 atom stereocenters. The largest absolute Gasteiger partial charge is 0.398 e. The predicted octanol–water partition coefficient (Wildman–Crippen LogP) is 2.22. The SMILES string of the molecule is CN1CCN(C(=O)c2ccc(-c3nc4c(P)cc(N)c(C=N)c4c4c3CC(O)CC4)cc2)CC1. The zero-order valence-electron chi connectivity index (χ0n) is 19.3. The molecule has 5 rings (SSSR count). The highest BCUT2D eigenvalue weighted by Crippen LogP contribution is 2.37. The van der Waals surface area contributed by atoms with Crippen LogP contribution in [0.4, 0.5) is 5.69 Å². The van der Waals surface area contributed by atoms with Crippen LogP contribution in [-0.2, 0) is 12.8 Å². The van der Waals surface area contributed by atoms with Crippen molar-refractivity contribution in [2.45, 2.75) is 25.4 Å². The van der Waals surface area contributed by atoms with E-state index in [2.05, 4.69) is 21.2 Å². The number of carbonyl (C=O) groups excluding carboxylic acids is 1. The van der Waals surface area contributed by atoms with Crippen LogP contribution in [-0.4, -0.2) is 71.3 Å². The number of aryl methyl sites for hydroxylation is 1. The summed E-state index contributed by atoms with van der Waals surface area (Å²) in [6.45, 7) is 3.26. The Bertz CT molecular complexity index is 1280. The van der Waals surface area contributed by atoms with Gasteiger partial charge in [-0.05, 0) is 54.5 Å². The van der Waals surface area contributed by atoms with Gasteiger partial charge >= 0.3 is 0 Å². The number of amides is 1. The lowest BCUT2D eigenvalue weighted by Gasteiger charge is -2.32. The van der Waals surface area contributed by atoms with Crippen LogP contribution in [0.3, 0.4) is 0 Å². The molecule has 7 nitrogen and oxygen atoms in total. The zero-order valence-corrected chi connectivity index (χ0v) is 20.5. The zero-order chi connectivity index (χ0) is 24.0. The number of aromatic nitrogens is 1. The highest BCUT2D eigenvalue weighted by molar-refractivity contribution is 7.28. The molecule has 1 saturated heterocycles. The molecule has 0 spiro atoms. The summed E-state index contributed by atoms with van der Waals surface area (Å²) in [5.74, 6) is 0.0573. The minimum atomic E-state index is -0.427. The van der Waals surface area contributed by atoms with Crippen molar-refractivity contribution in [2.75, 3.05) is 39.0 Å². The molecule has 0 saturated carbocycles.